The van der Waals surface area contributed by atoms with E-state index in [0.717, 1.165) is 5.39 Å². The molecule has 0 saturated carbocycles. The van der Waals surface area contributed by atoms with Gasteiger partial charge in [0, 0.05) is 6.20 Å². The van der Waals surface area contributed by atoms with E-state index in [0.29, 0.717) is 23.2 Å². The molecule has 1 aromatic carbocycles. The van der Waals surface area contributed by atoms with Gasteiger partial charge in [0.2, 0.25) is 6.41 Å². The lowest BCUT2D eigenvalue weighted by Crippen LogP contribution is -2.09. The molecule has 0 aliphatic carbocycles. The van der Waals surface area contributed by atoms with Gasteiger partial charge in [-0.15, -0.1) is 0 Å². The molecule has 0 spiro atoms. The summed E-state index contributed by atoms with van der Waals surface area (Å²) in [6.07, 6.45) is 2.14. The van der Waals surface area contributed by atoms with Crippen LogP contribution in [0.25, 0.3) is 16.5 Å². The van der Waals surface area contributed by atoms with E-state index in [1.54, 1.807) is 24.4 Å². The van der Waals surface area contributed by atoms with Crippen molar-refractivity contribution in [2.24, 2.45) is 0 Å². The Morgan fingerprint density at radius 1 is 1.44 bits per heavy atom. The molecule has 0 aliphatic heterocycles. The number of pyridine rings is 1. The Bertz CT molecular complexity index is 559. The lowest BCUT2D eigenvalue weighted by Gasteiger charge is -2.08. The van der Waals surface area contributed by atoms with Gasteiger partial charge in [-0.1, -0.05) is 18.7 Å². The molecule has 1 aromatic heterocycles. The number of fused-ring (bicyclic) bond motifs is 1. The highest BCUT2D eigenvalue weighted by Gasteiger charge is 2.09. The van der Waals surface area contributed by atoms with Gasteiger partial charge in [0.25, 0.3) is 0 Å². The fourth-order valence-corrected chi connectivity index (χ4v) is 1.58. The van der Waals surface area contributed by atoms with Crippen LogP contribution in [0.3, 0.4) is 0 Å². The predicted octanol–water partition coefficient (Wildman–Crippen LogP) is 1.66. The van der Waals surface area contributed by atoms with E-state index in [-0.39, 0.29) is 5.75 Å². The third-order valence-corrected chi connectivity index (χ3v) is 2.29. The minimum absolute atomic E-state index is 0.120. The first-order valence-corrected chi connectivity index (χ1v) is 4.70. The summed E-state index contributed by atoms with van der Waals surface area (Å²) in [5.41, 5.74) is 0.838. The van der Waals surface area contributed by atoms with Crippen LogP contribution in [-0.4, -0.2) is 16.5 Å². The highest BCUT2D eigenvalue weighted by molar-refractivity contribution is 5.96. The van der Waals surface area contributed by atoms with Gasteiger partial charge in [-0.25, -0.2) is 0 Å². The number of amides is 1. The molecule has 0 fully saturated rings. The molecule has 4 nitrogen and oxygen atoms in total. The van der Waals surface area contributed by atoms with E-state index in [1.165, 1.54) is 0 Å². The molecule has 0 atom stereocenters. The number of phenols is 1. The molecule has 2 rings (SSSR count). The van der Waals surface area contributed by atoms with Crippen LogP contribution < -0.4 is 5.32 Å². The SMILES string of the molecule is C=C(NC=O)c1nccc2cccc(O)c12. The molecule has 0 aliphatic rings. The van der Waals surface area contributed by atoms with Crippen LogP contribution in [0.4, 0.5) is 0 Å². The molecule has 2 aromatic rings. The zero-order chi connectivity index (χ0) is 11.5. The van der Waals surface area contributed by atoms with Crippen molar-refractivity contribution in [2.45, 2.75) is 0 Å². The monoisotopic (exact) mass is 214 g/mol. The van der Waals surface area contributed by atoms with Crippen molar-refractivity contribution >= 4 is 22.9 Å². The third-order valence-electron chi connectivity index (χ3n) is 2.29. The van der Waals surface area contributed by atoms with Crippen molar-refractivity contribution in [1.29, 1.82) is 0 Å². The minimum atomic E-state index is 0.120. The Hall–Kier alpha value is -2.36. The zero-order valence-electron chi connectivity index (χ0n) is 8.47. The maximum Gasteiger partial charge on any atom is 0.211 e. The van der Waals surface area contributed by atoms with E-state index in [9.17, 15) is 9.90 Å². The quantitative estimate of drug-likeness (QED) is 0.764. The van der Waals surface area contributed by atoms with Crippen LogP contribution in [0.2, 0.25) is 0 Å². The average Bonchev–Trinajstić information content (AvgIpc) is 2.29. The fourth-order valence-electron chi connectivity index (χ4n) is 1.58. The normalized spacial score (nSPS) is 10.0. The summed E-state index contributed by atoms with van der Waals surface area (Å²) in [6, 6.07) is 6.96. The van der Waals surface area contributed by atoms with Crippen molar-refractivity contribution in [3.63, 3.8) is 0 Å². The second-order valence-corrected chi connectivity index (χ2v) is 3.28. The number of hydrogen-bond acceptors (Lipinski definition) is 3. The Labute approximate surface area is 92.2 Å². The molecular weight excluding hydrogens is 204 g/mol. The molecule has 80 valence electrons. The van der Waals surface area contributed by atoms with Gasteiger partial charge in [0.1, 0.15) is 5.75 Å². The number of phenolic OH excluding ortho intramolecular Hbond substituents is 1. The van der Waals surface area contributed by atoms with E-state index in [2.05, 4.69) is 16.9 Å². The molecule has 0 saturated heterocycles. The number of carbonyl (C=O) groups excluding carboxylic acids is 1. The summed E-state index contributed by atoms with van der Waals surface area (Å²) in [7, 11) is 0. The van der Waals surface area contributed by atoms with Crippen molar-refractivity contribution in [3.05, 3.63) is 42.7 Å². The summed E-state index contributed by atoms with van der Waals surface area (Å²) in [5, 5.41) is 13.6. The van der Waals surface area contributed by atoms with Crippen LogP contribution in [-0.2, 0) is 4.79 Å². The number of aromatic nitrogens is 1. The summed E-state index contributed by atoms with van der Waals surface area (Å²) >= 11 is 0. The van der Waals surface area contributed by atoms with Crippen molar-refractivity contribution in [3.8, 4) is 5.75 Å². The maximum absolute atomic E-state index is 10.3. The predicted molar refractivity (Wildman–Crippen MR) is 61.6 cm³/mol. The molecule has 0 bridgehead atoms. The van der Waals surface area contributed by atoms with Gasteiger partial charge in [-0.3, -0.25) is 9.78 Å². The van der Waals surface area contributed by atoms with Crippen LogP contribution >= 0.6 is 0 Å². The minimum Gasteiger partial charge on any atom is -0.507 e. The van der Waals surface area contributed by atoms with Gasteiger partial charge in [0.15, 0.2) is 0 Å². The highest BCUT2D eigenvalue weighted by atomic mass is 16.3. The van der Waals surface area contributed by atoms with Gasteiger partial charge in [0.05, 0.1) is 16.8 Å². The van der Waals surface area contributed by atoms with E-state index in [1.807, 2.05) is 6.07 Å². The summed E-state index contributed by atoms with van der Waals surface area (Å²) in [6.45, 7) is 3.69. The third kappa shape index (κ3) is 1.61. The Morgan fingerprint density at radius 2 is 2.25 bits per heavy atom. The second kappa shape index (κ2) is 4.02. The molecule has 0 radical (unpaired) electrons. The summed E-state index contributed by atoms with van der Waals surface area (Å²) in [5.74, 6) is 0.120. The second-order valence-electron chi connectivity index (χ2n) is 3.28. The van der Waals surface area contributed by atoms with E-state index >= 15 is 0 Å². The molecular formula is C12H10N2O2. The number of nitrogens with zero attached hydrogens (tertiary/aromatic N) is 1. The maximum atomic E-state index is 10.3. The number of aromatic hydroxyl groups is 1. The smallest absolute Gasteiger partial charge is 0.211 e. The fraction of sp³-hybridized carbons (Fsp3) is 0. The number of carbonyl (C=O) groups is 1. The molecule has 0 unspecified atom stereocenters. The Kier molecular flexibility index (Phi) is 2.55. The summed E-state index contributed by atoms with van der Waals surface area (Å²) in [4.78, 5) is 14.5. The largest absolute Gasteiger partial charge is 0.507 e. The zero-order valence-corrected chi connectivity index (χ0v) is 8.47. The lowest BCUT2D eigenvalue weighted by atomic mass is 10.1. The first-order valence-electron chi connectivity index (χ1n) is 4.70. The van der Waals surface area contributed by atoms with Gasteiger partial charge >= 0.3 is 0 Å². The van der Waals surface area contributed by atoms with Gasteiger partial charge < -0.3 is 10.4 Å². The molecule has 1 heterocycles. The molecule has 2 N–H and O–H groups in total. The molecule has 1 amide bonds. The van der Waals surface area contributed by atoms with Crippen molar-refractivity contribution < 1.29 is 9.90 Å². The number of hydrogen-bond donors (Lipinski definition) is 2. The van der Waals surface area contributed by atoms with Gasteiger partial charge in [-0.2, -0.15) is 0 Å². The Balaban J connectivity index is 2.70. The van der Waals surface area contributed by atoms with Crippen LogP contribution in [0.1, 0.15) is 5.69 Å². The van der Waals surface area contributed by atoms with Crippen molar-refractivity contribution in [2.75, 3.05) is 0 Å². The van der Waals surface area contributed by atoms with E-state index in [4.69, 9.17) is 0 Å². The van der Waals surface area contributed by atoms with Crippen LogP contribution in [0, 0.1) is 0 Å². The van der Waals surface area contributed by atoms with Gasteiger partial charge in [-0.05, 0) is 17.5 Å². The number of benzene rings is 1. The number of rotatable bonds is 3. The van der Waals surface area contributed by atoms with Crippen LogP contribution in [0.15, 0.2) is 37.0 Å². The highest BCUT2D eigenvalue weighted by Crippen LogP contribution is 2.28. The average molecular weight is 214 g/mol. The van der Waals surface area contributed by atoms with Crippen LogP contribution in [0.5, 0.6) is 5.75 Å². The van der Waals surface area contributed by atoms with Crippen molar-refractivity contribution in [1.82, 2.24) is 10.3 Å². The summed E-state index contributed by atoms with van der Waals surface area (Å²) < 4.78 is 0. The molecule has 16 heavy (non-hydrogen) atoms. The first-order chi connectivity index (χ1) is 7.74. The number of nitrogens with one attached hydrogen (secondary N) is 1. The topological polar surface area (TPSA) is 62.2 Å². The lowest BCUT2D eigenvalue weighted by molar-refractivity contribution is -0.108. The Morgan fingerprint density at radius 3 is 3.00 bits per heavy atom. The van der Waals surface area contributed by atoms with E-state index < -0.39 is 0 Å². The molecule has 4 heteroatoms. The first kappa shape index (κ1) is 10.2. The standard InChI is InChI=1S/C12H10N2O2/c1-8(14-7-15)12-11-9(5-6-13-12)3-2-4-10(11)16/h2-7,16H,1H2,(H,14,15).